The van der Waals surface area contributed by atoms with Crippen molar-refractivity contribution < 1.29 is 4.39 Å². The molecule has 1 aliphatic carbocycles. The van der Waals surface area contributed by atoms with Crippen molar-refractivity contribution >= 4 is 5.69 Å². The molecule has 1 aromatic rings. The number of benzene rings is 1. The minimum atomic E-state index is -0.112. The van der Waals surface area contributed by atoms with Gasteiger partial charge in [0.1, 0.15) is 5.82 Å². The normalized spacial score (nSPS) is 26.2. The first-order chi connectivity index (χ1) is 8.69. The molecule has 1 aromatic carbocycles. The van der Waals surface area contributed by atoms with Crippen molar-refractivity contribution in [2.75, 3.05) is 5.32 Å². The van der Waals surface area contributed by atoms with Crippen molar-refractivity contribution in [3.63, 3.8) is 0 Å². The Bertz CT molecular complexity index is 433. The Balaban J connectivity index is 1.92. The van der Waals surface area contributed by atoms with E-state index in [0.29, 0.717) is 5.92 Å². The van der Waals surface area contributed by atoms with Crippen LogP contribution >= 0.6 is 0 Å². The zero-order chi connectivity index (χ0) is 12.6. The first-order valence-electron chi connectivity index (χ1n) is 7.26. The van der Waals surface area contributed by atoms with Crippen molar-refractivity contribution in [2.24, 2.45) is 0 Å². The Kier molecular flexibility index (Phi) is 3.04. The van der Waals surface area contributed by atoms with Gasteiger partial charge in [0.25, 0.3) is 0 Å². The summed E-state index contributed by atoms with van der Waals surface area (Å²) >= 11 is 0. The van der Waals surface area contributed by atoms with Crippen LogP contribution in [0.4, 0.5) is 10.1 Å². The van der Waals surface area contributed by atoms with Gasteiger partial charge in [-0.15, -0.1) is 0 Å². The summed E-state index contributed by atoms with van der Waals surface area (Å²) in [6.45, 7) is 2.24. The summed E-state index contributed by atoms with van der Waals surface area (Å²) in [6.07, 6.45) is 9.10. The van der Waals surface area contributed by atoms with E-state index in [4.69, 9.17) is 0 Å². The van der Waals surface area contributed by atoms with Crippen LogP contribution in [0, 0.1) is 5.82 Å². The molecule has 1 heterocycles. The molecule has 0 bridgehead atoms. The standard InChI is InChI=1S/C16H22FN/c1-12-11-16(8-4-2-3-5-9-16)18-15-7-6-13(17)10-14(12)15/h6-7,10,12,18H,2-5,8-9,11H2,1H3/t12-/m1/s1. The Morgan fingerprint density at radius 3 is 2.61 bits per heavy atom. The summed E-state index contributed by atoms with van der Waals surface area (Å²) in [5.41, 5.74) is 2.60. The average molecular weight is 247 g/mol. The molecule has 18 heavy (non-hydrogen) atoms. The molecule has 0 aromatic heterocycles. The molecule has 1 fully saturated rings. The SMILES string of the molecule is C[C@@H]1CC2(CCCCCC2)Nc2ccc(F)cc21. The van der Waals surface area contributed by atoms with Crippen molar-refractivity contribution in [1.82, 2.24) is 0 Å². The number of fused-ring (bicyclic) bond motifs is 1. The molecule has 2 aliphatic rings. The molecule has 1 saturated carbocycles. The van der Waals surface area contributed by atoms with Gasteiger partial charge in [-0.1, -0.05) is 32.6 Å². The first kappa shape index (κ1) is 12.0. The Labute approximate surface area is 109 Å². The van der Waals surface area contributed by atoms with Crippen LogP contribution < -0.4 is 5.32 Å². The van der Waals surface area contributed by atoms with Gasteiger partial charge in [-0.05, 0) is 48.9 Å². The summed E-state index contributed by atoms with van der Waals surface area (Å²) in [7, 11) is 0. The molecule has 0 unspecified atom stereocenters. The number of hydrogen-bond acceptors (Lipinski definition) is 1. The highest BCUT2D eigenvalue weighted by atomic mass is 19.1. The molecule has 1 spiro atoms. The molecule has 2 heteroatoms. The van der Waals surface area contributed by atoms with E-state index in [1.54, 1.807) is 12.1 Å². The maximum Gasteiger partial charge on any atom is 0.123 e. The van der Waals surface area contributed by atoms with Crippen molar-refractivity contribution in [3.8, 4) is 0 Å². The van der Waals surface area contributed by atoms with Gasteiger partial charge < -0.3 is 5.32 Å². The van der Waals surface area contributed by atoms with Gasteiger partial charge in [-0.3, -0.25) is 0 Å². The third-order valence-electron chi connectivity index (χ3n) is 4.70. The van der Waals surface area contributed by atoms with Crippen LogP contribution in [-0.2, 0) is 0 Å². The topological polar surface area (TPSA) is 12.0 Å². The lowest BCUT2D eigenvalue weighted by Gasteiger charge is -2.42. The first-order valence-corrected chi connectivity index (χ1v) is 7.26. The number of halogens is 1. The maximum absolute atomic E-state index is 13.3. The third-order valence-corrected chi connectivity index (χ3v) is 4.70. The van der Waals surface area contributed by atoms with Crippen LogP contribution in [0.25, 0.3) is 0 Å². The summed E-state index contributed by atoms with van der Waals surface area (Å²) in [4.78, 5) is 0. The van der Waals surface area contributed by atoms with Crippen LogP contribution in [0.2, 0.25) is 0 Å². The highest BCUT2D eigenvalue weighted by Gasteiger charge is 2.37. The Hall–Kier alpha value is -1.05. The van der Waals surface area contributed by atoms with Gasteiger partial charge in [0.15, 0.2) is 0 Å². The average Bonchev–Trinajstić information content (AvgIpc) is 2.56. The molecule has 98 valence electrons. The number of nitrogens with one attached hydrogen (secondary N) is 1. The van der Waals surface area contributed by atoms with Gasteiger partial charge >= 0.3 is 0 Å². The lowest BCUT2D eigenvalue weighted by atomic mass is 9.75. The van der Waals surface area contributed by atoms with E-state index in [2.05, 4.69) is 12.2 Å². The van der Waals surface area contributed by atoms with Gasteiger partial charge in [0.05, 0.1) is 0 Å². The Morgan fingerprint density at radius 2 is 1.89 bits per heavy atom. The minimum absolute atomic E-state index is 0.112. The van der Waals surface area contributed by atoms with Crippen LogP contribution in [0.5, 0.6) is 0 Å². The van der Waals surface area contributed by atoms with E-state index >= 15 is 0 Å². The molecule has 1 N–H and O–H groups in total. The largest absolute Gasteiger partial charge is 0.379 e. The van der Waals surface area contributed by atoms with Crippen LogP contribution in [0.15, 0.2) is 18.2 Å². The van der Waals surface area contributed by atoms with E-state index in [9.17, 15) is 4.39 Å². The van der Waals surface area contributed by atoms with Gasteiger partial charge in [0, 0.05) is 11.2 Å². The van der Waals surface area contributed by atoms with Crippen molar-refractivity contribution in [1.29, 1.82) is 0 Å². The summed E-state index contributed by atoms with van der Waals surface area (Å²) in [5.74, 6) is 0.356. The molecule has 3 rings (SSSR count). The van der Waals surface area contributed by atoms with Crippen LogP contribution in [-0.4, -0.2) is 5.54 Å². The predicted octanol–water partition coefficient (Wildman–Crippen LogP) is 4.84. The third kappa shape index (κ3) is 2.13. The smallest absolute Gasteiger partial charge is 0.123 e. The van der Waals surface area contributed by atoms with Crippen LogP contribution in [0.1, 0.15) is 63.4 Å². The van der Waals surface area contributed by atoms with Crippen LogP contribution in [0.3, 0.4) is 0 Å². The molecule has 0 saturated heterocycles. The maximum atomic E-state index is 13.3. The zero-order valence-electron chi connectivity index (χ0n) is 11.1. The van der Waals surface area contributed by atoms with Gasteiger partial charge in [-0.25, -0.2) is 4.39 Å². The highest BCUT2D eigenvalue weighted by Crippen LogP contribution is 2.44. The quantitative estimate of drug-likeness (QED) is 0.692. The molecule has 0 amide bonds. The van der Waals surface area contributed by atoms with Crippen molar-refractivity contribution in [3.05, 3.63) is 29.6 Å². The van der Waals surface area contributed by atoms with E-state index in [1.165, 1.54) is 38.5 Å². The summed E-state index contributed by atoms with van der Waals surface area (Å²) in [6, 6.07) is 5.21. The van der Waals surface area contributed by atoms with E-state index in [-0.39, 0.29) is 11.4 Å². The number of hydrogen-bond donors (Lipinski definition) is 1. The number of rotatable bonds is 0. The fourth-order valence-corrected chi connectivity index (χ4v) is 3.82. The second-order valence-electron chi connectivity index (χ2n) is 6.16. The Morgan fingerprint density at radius 1 is 1.17 bits per heavy atom. The molecule has 1 nitrogen and oxygen atoms in total. The fourth-order valence-electron chi connectivity index (χ4n) is 3.82. The second-order valence-corrected chi connectivity index (χ2v) is 6.16. The molecule has 1 aliphatic heterocycles. The fraction of sp³-hybridized carbons (Fsp3) is 0.625. The summed E-state index contributed by atoms with van der Waals surface area (Å²) < 4.78 is 13.3. The van der Waals surface area contributed by atoms with Gasteiger partial charge in [-0.2, -0.15) is 0 Å². The molecular formula is C16H22FN. The van der Waals surface area contributed by atoms with E-state index in [1.807, 2.05) is 6.07 Å². The molecule has 1 atom stereocenters. The van der Waals surface area contributed by atoms with Gasteiger partial charge in [0.2, 0.25) is 0 Å². The molecule has 0 radical (unpaired) electrons. The second kappa shape index (κ2) is 4.56. The highest BCUT2D eigenvalue weighted by molar-refractivity contribution is 5.57. The zero-order valence-corrected chi connectivity index (χ0v) is 11.1. The lowest BCUT2D eigenvalue weighted by Crippen LogP contribution is -2.42. The lowest BCUT2D eigenvalue weighted by molar-refractivity contribution is 0.343. The summed E-state index contributed by atoms with van der Waals surface area (Å²) in [5, 5.41) is 3.74. The van der Waals surface area contributed by atoms with Crippen molar-refractivity contribution in [2.45, 2.75) is 63.3 Å². The molecular weight excluding hydrogens is 225 g/mol. The monoisotopic (exact) mass is 247 g/mol. The minimum Gasteiger partial charge on any atom is -0.379 e. The van der Waals surface area contributed by atoms with E-state index in [0.717, 1.165) is 17.7 Å². The number of anilines is 1. The van der Waals surface area contributed by atoms with E-state index < -0.39 is 0 Å². The predicted molar refractivity (Wildman–Crippen MR) is 73.5 cm³/mol.